The maximum Gasteiger partial charge on any atom is 0.246 e. The van der Waals surface area contributed by atoms with Gasteiger partial charge in [-0.3, -0.25) is 14.5 Å². The van der Waals surface area contributed by atoms with Gasteiger partial charge < -0.3 is 15.1 Å². The molecule has 1 aromatic heterocycles. The molecule has 2 atom stereocenters. The van der Waals surface area contributed by atoms with Crippen molar-refractivity contribution in [3.63, 3.8) is 0 Å². The highest BCUT2D eigenvalue weighted by Crippen LogP contribution is 2.29. The van der Waals surface area contributed by atoms with Crippen LogP contribution < -0.4 is 10.2 Å². The van der Waals surface area contributed by atoms with Gasteiger partial charge in [-0.2, -0.15) is 5.10 Å². The third-order valence-corrected chi connectivity index (χ3v) is 4.16. The minimum absolute atomic E-state index is 0. The number of aromatic nitrogens is 2. The van der Waals surface area contributed by atoms with Crippen LogP contribution in [-0.4, -0.2) is 59.3 Å². The summed E-state index contributed by atoms with van der Waals surface area (Å²) >= 11 is 0. The van der Waals surface area contributed by atoms with Crippen LogP contribution in [0.2, 0.25) is 0 Å². The first-order valence-corrected chi connectivity index (χ1v) is 7.35. The van der Waals surface area contributed by atoms with E-state index in [0.29, 0.717) is 25.0 Å². The molecule has 3 rings (SSSR count). The second-order valence-corrected chi connectivity index (χ2v) is 5.85. The summed E-state index contributed by atoms with van der Waals surface area (Å²) in [6.45, 7) is 4.01. The minimum Gasteiger partial charge on any atom is -0.353 e. The largest absolute Gasteiger partial charge is 0.353 e. The molecule has 7 nitrogen and oxygen atoms in total. The molecule has 122 valence electrons. The summed E-state index contributed by atoms with van der Waals surface area (Å²) in [5, 5.41) is 7.55. The van der Waals surface area contributed by atoms with Crippen molar-refractivity contribution in [2.45, 2.75) is 19.4 Å². The Hall–Kier alpha value is -1.32. The number of aliphatic imine (C=N–C) groups is 1. The van der Waals surface area contributed by atoms with Crippen LogP contribution in [0.4, 0.5) is 5.69 Å². The highest BCUT2D eigenvalue weighted by Gasteiger charge is 2.35. The van der Waals surface area contributed by atoms with Crippen LogP contribution in [0, 0.1) is 5.92 Å². The molecular formula is C14H23IN6O. The Morgan fingerprint density at radius 1 is 1.45 bits per heavy atom. The summed E-state index contributed by atoms with van der Waals surface area (Å²) < 4.78 is 1.71. The monoisotopic (exact) mass is 418 g/mol. The second-order valence-electron chi connectivity index (χ2n) is 5.85. The van der Waals surface area contributed by atoms with Gasteiger partial charge in [0.05, 0.1) is 11.9 Å². The van der Waals surface area contributed by atoms with Gasteiger partial charge in [-0.1, -0.05) is 6.92 Å². The van der Waals surface area contributed by atoms with Crippen molar-refractivity contribution >= 4 is 41.5 Å². The molecule has 0 radical (unpaired) electrons. The number of halogens is 1. The standard InChI is InChI=1S/C14H22N6O.HI/c1-10-6-12(10)17-14(15-2)19-4-5-20(13(21)9-19)11-7-16-18(3)8-11;/h7-8,10,12H,4-6,9H2,1-3H3,(H,15,17);1H. The fourth-order valence-electron chi connectivity index (χ4n) is 2.66. The predicted octanol–water partition coefficient (Wildman–Crippen LogP) is 0.671. The number of anilines is 1. The molecule has 0 aromatic carbocycles. The number of aryl methyl sites for hydroxylation is 1. The molecule has 2 unspecified atom stereocenters. The van der Waals surface area contributed by atoms with Crippen LogP contribution in [0.15, 0.2) is 17.4 Å². The zero-order valence-corrected chi connectivity index (χ0v) is 15.5. The van der Waals surface area contributed by atoms with E-state index in [0.717, 1.165) is 18.2 Å². The van der Waals surface area contributed by atoms with Gasteiger partial charge in [-0.05, 0) is 12.3 Å². The highest BCUT2D eigenvalue weighted by molar-refractivity contribution is 14.0. The highest BCUT2D eigenvalue weighted by atomic mass is 127. The number of piperazine rings is 1. The van der Waals surface area contributed by atoms with E-state index in [1.54, 1.807) is 22.8 Å². The van der Waals surface area contributed by atoms with Crippen LogP contribution in [0.1, 0.15) is 13.3 Å². The molecule has 1 N–H and O–H groups in total. The SMILES string of the molecule is CN=C(NC1CC1C)N1CCN(c2cnn(C)c2)C(=O)C1.I. The number of nitrogens with zero attached hydrogens (tertiary/aromatic N) is 5. The van der Waals surface area contributed by atoms with E-state index in [9.17, 15) is 4.79 Å². The van der Waals surface area contributed by atoms with Gasteiger partial charge in [0.25, 0.3) is 0 Å². The van der Waals surface area contributed by atoms with Crippen molar-refractivity contribution in [3.8, 4) is 0 Å². The maximum absolute atomic E-state index is 12.4. The van der Waals surface area contributed by atoms with Crippen LogP contribution >= 0.6 is 24.0 Å². The van der Waals surface area contributed by atoms with Gasteiger partial charge in [0, 0.05) is 39.4 Å². The lowest BCUT2D eigenvalue weighted by molar-refractivity contribution is -0.120. The van der Waals surface area contributed by atoms with Crippen molar-refractivity contribution in [2.75, 3.05) is 31.6 Å². The number of rotatable bonds is 2. The van der Waals surface area contributed by atoms with Gasteiger partial charge in [0.15, 0.2) is 5.96 Å². The predicted molar refractivity (Wildman–Crippen MR) is 96.6 cm³/mol. The van der Waals surface area contributed by atoms with E-state index in [1.807, 2.05) is 18.1 Å². The Bertz CT molecular complexity index is 571. The summed E-state index contributed by atoms with van der Waals surface area (Å²) in [5.41, 5.74) is 0.862. The van der Waals surface area contributed by atoms with Crippen molar-refractivity contribution < 1.29 is 4.79 Å². The molecule has 2 heterocycles. The molecule has 1 saturated carbocycles. The minimum atomic E-state index is 0. The number of guanidine groups is 1. The fourth-order valence-corrected chi connectivity index (χ4v) is 2.66. The third-order valence-electron chi connectivity index (χ3n) is 4.16. The van der Waals surface area contributed by atoms with Gasteiger partial charge in [-0.15, -0.1) is 24.0 Å². The molecule has 8 heteroatoms. The molecule has 1 amide bonds. The van der Waals surface area contributed by atoms with E-state index in [4.69, 9.17) is 0 Å². The topological polar surface area (TPSA) is 65.8 Å². The van der Waals surface area contributed by atoms with Crippen LogP contribution in [0.5, 0.6) is 0 Å². The molecular weight excluding hydrogens is 395 g/mol. The summed E-state index contributed by atoms with van der Waals surface area (Å²) in [6.07, 6.45) is 4.78. The normalized spacial score (nSPS) is 25.0. The summed E-state index contributed by atoms with van der Waals surface area (Å²) in [4.78, 5) is 20.5. The summed E-state index contributed by atoms with van der Waals surface area (Å²) in [5.74, 6) is 1.62. The molecule has 2 fully saturated rings. The number of carbonyl (C=O) groups is 1. The second kappa shape index (κ2) is 6.84. The molecule has 1 aliphatic heterocycles. The van der Waals surface area contributed by atoms with Crippen molar-refractivity contribution in [3.05, 3.63) is 12.4 Å². The Balaban J connectivity index is 0.00000176. The average Bonchev–Trinajstić information content (AvgIpc) is 2.98. The van der Waals surface area contributed by atoms with E-state index in [1.165, 1.54) is 6.42 Å². The Morgan fingerprint density at radius 2 is 2.18 bits per heavy atom. The first kappa shape index (κ1) is 17.0. The first-order chi connectivity index (χ1) is 10.1. The molecule has 0 bridgehead atoms. The Morgan fingerprint density at radius 3 is 2.68 bits per heavy atom. The van der Waals surface area contributed by atoms with Crippen molar-refractivity contribution in [1.29, 1.82) is 0 Å². The van der Waals surface area contributed by atoms with Crippen molar-refractivity contribution in [1.82, 2.24) is 20.0 Å². The average molecular weight is 418 g/mol. The lowest BCUT2D eigenvalue weighted by atomic mass is 10.3. The molecule has 2 aliphatic rings. The van der Waals surface area contributed by atoms with E-state index >= 15 is 0 Å². The van der Waals surface area contributed by atoms with Crippen LogP contribution in [0.3, 0.4) is 0 Å². The molecule has 22 heavy (non-hydrogen) atoms. The van der Waals surface area contributed by atoms with Crippen LogP contribution in [-0.2, 0) is 11.8 Å². The number of amides is 1. The zero-order chi connectivity index (χ0) is 15.0. The third kappa shape index (κ3) is 3.53. The zero-order valence-electron chi connectivity index (χ0n) is 13.2. The molecule has 1 saturated heterocycles. The van der Waals surface area contributed by atoms with E-state index in [-0.39, 0.29) is 29.9 Å². The van der Waals surface area contributed by atoms with Gasteiger partial charge >= 0.3 is 0 Å². The smallest absolute Gasteiger partial charge is 0.246 e. The van der Waals surface area contributed by atoms with Crippen LogP contribution in [0.25, 0.3) is 0 Å². The lowest BCUT2D eigenvalue weighted by Gasteiger charge is -2.35. The van der Waals surface area contributed by atoms with E-state index in [2.05, 4.69) is 22.3 Å². The quantitative estimate of drug-likeness (QED) is 0.436. The van der Waals surface area contributed by atoms with Gasteiger partial charge in [0.2, 0.25) is 5.91 Å². The maximum atomic E-state index is 12.4. The number of carbonyl (C=O) groups excluding carboxylic acids is 1. The number of hydrogen-bond donors (Lipinski definition) is 1. The summed E-state index contributed by atoms with van der Waals surface area (Å²) in [6, 6.07) is 0.509. The van der Waals surface area contributed by atoms with Gasteiger partial charge in [-0.25, -0.2) is 0 Å². The van der Waals surface area contributed by atoms with Crippen molar-refractivity contribution in [2.24, 2.45) is 18.0 Å². The summed E-state index contributed by atoms with van der Waals surface area (Å²) in [7, 11) is 3.63. The first-order valence-electron chi connectivity index (χ1n) is 7.35. The lowest BCUT2D eigenvalue weighted by Crippen LogP contribution is -2.55. The fraction of sp³-hybridized carbons (Fsp3) is 0.643. The van der Waals surface area contributed by atoms with E-state index < -0.39 is 0 Å². The Labute approximate surface area is 147 Å². The Kier molecular flexibility index (Phi) is 5.30. The number of nitrogens with one attached hydrogen (secondary N) is 1. The van der Waals surface area contributed by atoms with Gasteiger partial charge in [0.1, 0.15) is 6.54 Å². The molecule has 0 spiro atoms. The molecule has 1 aromatic rings. The number of hydrogen-bond acceptors (Lipinski definition) is 3. The molecule has 1 aliphatic carbocycles.